The first kappa shape index (κ1) is 21.9. The van der Waals surface area contributed by atoms with E-state index >= 15 is 0 Å². The lowest BCUT2D eigenvalue weighted by Gasteiger charge is -2.13. The highest BCUT2D eigenvalue weighted by molar-refractivity contribution is 6.08. The predicted octanol–water partition coefficient (Wildman–Crippen LogP) is 4.86. The maximum atomic E-state index is 13.0. The van der Waals surface area contributed by atoms with Gasteiger partial charge in [0.05, 0.1) is 16.9 Å². The molecule has 0 saturated heterocycles. The van der Waals surface area contributed by atoms with Gasteiger partial charge in [0.25, 0.3) is 11.8 Å². The number of hydrogen-bond acceptors (Lipinski definition) is 5. The summed E-state index contributed by atoms with van der Waals surface area (Å²) >= 11 is 0. The Morgan fingerprint density at radius 2 is 1.42 bits per heavy atom. The Bertz CT molecular complexity index is 1370. The number of anilines is 2. The smallest absolute Gasteiger partial charge is 0.319 e. The monoisotopic (exact) mass is 451 g/mol. The van der Waals surface area contributed by atoms with E-state index in [2.05, 4.69) is 25.6 Å². The van der Waals surface area contributed by atoms with Crippen LogP contribution in [0, 0.1) is 6.92 Å². The molecule has 0 radical (unpaired) electrons. The van der Waals surface area contributed by atoms with Crippen molar-refractivity contribution in [1.29, 1.82) is 0 Å². The molecule has 0 fully saturated rings. The van der Waals surface area contributed by atoms with Gasteiger partial charge in [-0.3, -0.25) is 9.59 Å². The number of rotatable bonds is 4. The molecule has 7 nitrogen and oxygen atoms in total. The second-order valence-corrected chi connectivity index (χ2v) is 7.06. The number of aryl methyl sites for hydroxylation is 1. The lowest BCUT2D eigenvalue weighted by Crippen LogP contribution is -2.21. The Hall–Kier alpha value is -4.34. The van der Waals surface area contributed by atoms with Gasteiger partial charge in [0, 0.05) is 11.1 Å². The number of alkyl halides is 3. The van der Waals surface area contributed by atoms with E-state index in [0.717, 1.165) is 11.5 Å². The molecule has 0 unspecified atom stereocenters. The molecular formula is C23H16F3N5O2. The molecule has 2 amide bonds. The van der Waals surface area contributed by atoms with Crippen molar-refractivity contribution >= 4 is 34.1 Å². The summed E-state index contributed by atoms with van der Waals surface area (Å²) in [5.74, 6) is -2.11. The van der Waals surface area contributed by atoms with Gasteiger partial charge in [-0.1, -0.05) is 36.4 Å². The molecule has 0 bridgehead atoms. The molecule has 0 saturated carbocycles. The zero-order valence-corrected chi connectivity index (χ0v) is 17.1. The summed E-state index contributed by atoms with van der Waals surface area (Å²) in [6, 6.07) is 17.6. The lowest BCUT2D eigenvalue weighted by molar-refractivity contribution is -0.141. The molecule has 2 N–H and O–H groups in total. The van der Waals surface area contributed by atoms with E-state index in [1.54, 1.807) is 36.4 Å². The number of carbonyl (C=O) groups is 2. The minimum atomic E-state index is -4.72. The number of fused-ring (bicyclic) bond motifs is 1. The Balaban J connectivity index is 1.57. The molecule has 4 aromatic rings. The van der Waals surface area contributed by atoms with E-state index in [1.165, 1.54) is 19.1 Å². The Kier molecular flexibility index (Phi) is 5.74. The third-order valence-electron chi connectivity index (χ3n) is 4.60. The number of para-hydroxylation sites is 3. The van der Waals surface area contributed by atoms with Crippen LogP contribution in [0.15, 0.2) is 66.7 Å². The minimum Gasteiger partial charge on any atom is -0.319 e. The summed E-state index contributed by atoms with van der Waals surface area (Å²) in [5.41, 5.74) is -0.0316. The average Bonchev–Trinajstić information content (AvgIpc) is 2.79. The summed E-state index contributed by atoms with van der Waals surface area (Å²) in [6.07, 6.45) is -4.72. The Morgan fingerprint density at radius 1 is 0.788 bits per heavy atom. The van der Waals surface area contributed by atoms with Gasteiger partial charge in [-0.05, 0) is 37.3 Å². The summed E-state index contributed by atoms with van der Waals surface area (Å²) in [5, 5.41) is 5.98. The maximum Gasteiger partial charge on any atom is 0.433 e. The number of aromatic nitrogens is 3. The van der Waals surface area contributed by atoms with Crippen LogP contribution < -0.4 is 10.6 Å². The van der Waals surface area contributed by atoms with Crippen molar-refractivity contribution in [2.24, 2.45) is 0 Å². The first-order chi connectivity index (χ1) is 15.7. The summed E-state index contributed by atoms with van der Waals surface area (Å²) in [7, 11) is 0. The zero-order chi connectivity index (χ0) is 23.6. The molecule has 0 aliphatic rings. The van der Waals surface area contributed by atoms with E-state index in [0.29, 0.717) is 5.52 Å². The third kappa shape index (κ3) is 4.95. The van der Waals surface area contributed by atoms with Gasteiger partial charge in [-0.15, -0.1) is 0 Å². The van der Waals surface area contributed by atoms with E-state index in [1.807, 2.05) is 12.1 Å². The number of hydrogen-bond donors (Lipinski definition) is 2. The zero-order valence-electron chi connectivity index (χ0n) is 17.1. The van der Waals surface area contributed by atoms with Crippen LogP contribution >= 0.6 is 0 Å². The highest BCUT2D eigenvalue weighted by Gasteiger charge is 2.34. The number of amides is 2. The van der Waals surface area contributed by atoms with E-state index in [4.69, 9.17) is 0 Å². The summed E-state index contributed by atoms with van der Waals surface area (Å²) in [6.45, 7) is 1.33. The van der Waals surface area contributed by atoms with Crippen LogP contribution in [0.1, 0.15) is 32.5 Å². The van der Waals surface area contributed by atoms with E-state index in [-0.39, 0.29) is 22.8 Å². The predicted molar refractivity (Wildman–Crippen MR) is 116 cm³/mol. The van der Waals surface area contributed by atoms with Gasteiger partial charge in [0.15, 0.2) is 0 Å². The second kappa shape index (κ2) is 8.65. The third-order valence-corrected chi connectivity index (χ3v) is 4.60. The molecule has 2 heterocycles. The van der Waals surface area contributed by atoms with Crippen molar-refractivity contribution in [2.75, 3.05) is 10.6 Å². The van der Waals surface area contributed by atoms with E-state index in [9.17, 15) is 22.8 Å². The topological polar surface area (TPSA) is 96.9 Å². The number of nitrogens with zero attached hydrogens (tertiary/aromatic N) is 3. The number of benzene rings is 2. The van der Waals surface area contributed by atoms with Crippen molar-refractivity contribution in [3.8, 4) is 0 Å². The molecule has 0 aliphatic carbocycles. The maximum absolute atomic E-state index is 13.0. The highest BCUT2D eigenvalue weighted by Crippen LogP contribution is 2.28. The Morgan fingerprint density at radius 3 is 2.12 bits per heavy atom. The fourth-order valence-electron chi connectivity index (χ4n) is 3.07. The number of nitrogens with one attached hydrogen (secondary N) is 2. The Labute approximate surface area is 185 Å². The fourth-order valence-corrected chi connectivity index (χ4v) is 3.07. The molecular weight excluding hydrogens is 435 g/mol. The normalized spacial score (nSPS) is 11.3. The number of pyridine rings is 1. The van der Waals surface area contributed by atoms with Gasteiger partial charge in [-0.2, -0.15) is 13.2 Å². The average molecular weight is 451 g/mol. The van der Waals surface area contributed by atoms with Gasteiger partial charge in [0.1, 0.15) is 11.4 Å². The SMILES string of the molecule is Cc1cc(C(F)(F)F)nc(C(=O)Nc2ccccc2NC(=O)c2ccc3ccccc3n2)n1. The van der Waals surface area contributed by atoms with Gasteiger partial charge < -0.3 is 10.6 Å². The van der Waals surface area contributed by atoms with Crippen LogP contribution in [0.3, 0.4) is 0 Å². The van der Waals surface area contributed by atoms with Crippen LogP contribution in [-0.4, -0.2) is 26.8 Å². The van der Waals surface area contributed by atoms with Crippen LogP contribution in [-0.2, 0) is 6.18 Å². The largest absolute Gasteiger partial charge is 0.433 e. The number of halogens is 3. The molecule has 33 heavy (non-hydrogen) atoms. The van der Waals surface area contributed by atoms with Crippen molar-refractivity contribution in [3.63, 3.8) is 0 Å². The van der Waals surface area contributed by atoms with E-state index < -0.39 is 29.5 Å². The van der Waals surface area contributed by atoms with Crippen LogP contribution in [0.25, 0.3) is 10.9 Å². The molecule has 0 spiro atoms. The number of carbonyl (C=O) groups excluding carboxylic acids is 2. The molecule has 0 atom stereocenters. The highest BCUT2D eigenvalue weighted by atomic mass is 19.4. The fraction of sp³-hybridized carbons (Fsp3) is 0.0870. The molecule has 10 heteroatoms. The first-order valence-corrected chi connectivity index (χ1v) is 9.71. The molecule has 166 valence electrons. The van der Waals surface area contributed by atoms with Crippen LogP contribution in [0.4, 0.5) is 24.5 Å². The van der Waals surface area contributed by atoms with Crippen molar-refractivity contribution in [2.45, 2.75) is 13.1 Å². The summed E-state index contributed by atoms with van der Waals surface area (Å²) < 4.78 is 39.1. The molecule has 2 aromatic carbocycles. The van der Waals surface area contributed by atoms with Gasteiger partial charge >= 0.3 is 6.18 Å². The second-order valence-electron chi connectivity index (χ2n) is 7.06. The van der Waals surface area contributed by atoms with Crippen molar-refractivity contribution in [3.05, 3.63) is 89.6 Å². The minimum absolute atomic E-state index is 0.00792. The van der Waals surface area contributed by atoms with Crippen molar-refractivity contribution in [1.82, 2.24) is 15.0 Å². The summed E-state index contributed by atoms with van der Waals surface area (Å²) in [4.78, 5) is 36.7. The van der Waals surface area contributed by atoms with Crippen LogP contribution in [0.2, 0.25) is 0 Å². The quantitative estimate of drug-likeness (QED) is 0.462. The standard InChI is InChI=1S/C23H16F3N5O2/c1-13-12-19(23(24,25)26)31-20(27-13)22(33)30-17-9-5-4-8-16(17)29-21(32)18-11-10-14-6-2-3-7-15(14)28-18/h2-12H,1H3,(H,29,32)(H,30,33). The van der Waals surface area contributed by atoms with Crippen LogP contribution in [0.5, 0.6) is 0 Å². The van der Waals surface area contributed by atoms with Gasteiger partial charge in [0.2, 0.25) is 5.82 Å². The molecule has 0 aliphatic heterocycles. The van der Waals surface area contributed by atoms with Crippen molar-refractivity contribution < 1.29 is 22.8 Å². The van der Waals surface area contributed by atoms with Gasteiger partial charge in [-0.25, -0.2) is 15.0 Å². The molecule has 2 aromatic heterocycles. The first-order valence-electron chi connectivity index (χ1n) is 9.71. The lowest BCUT2D eigenvalue weighted by atomic mass is 10.2. The molecule has 4 rings (SSSR count).